The predicted octanol–water partition coefficient (Wildman–Crippen LogP) is 3.49. The fourth-order valence-corrected chi connectivity index (χ4v) is 4.08. The topological polar surface area (TPSA) is 93.8 Å². The van der Waals surface area contributed by atoms with Gasteiger partial charge in [0, 0.05) is 49.8 Å². The van der Waals surface area contributed by atoms with Gasteiger partial charge < -0.3 is 15.2 Å². The van der Waals surface area contributed by atoms with Crippen molar-refractivity contribution in [2.45, 2.75) is 51.7 Å². The maximum Gasteiger partial charge on any atom is 0.435 e. The number of carbonyl (C=O) groups is 2. The number of halogens is 3. The summed E-state index contributed by atoms with van der Waals surface area (Å²) in [6.07, 6.45) is -0.517. The highest BCUT2D eigenvalue weighted by molar-refractivity contribution is 5.95. The third kappa shape index (κ3) is 5.60. The minimum atomic E-state index is -4.79. The van der Waals surface area contributed by atoms with Crippen molar-refractivity contribution in [3.63, 3.8) is 0 Å². The van der Waals surface area contributed by atoms with E-state index in [9.17, 15) is 22.8 Å². The van der Waals surface area contributed by atoms with Crippen molar-refractivity contribution in [3.05, 3.63) is 65.5 Å². The number of fused-ring (bicyclic) bond motifs is 1. The van der Waals surface area contributed by atoms with Crippen LogP contribution < -0.4 is 10.6 Å². The van der Waals surface area contributed by atoms with E-state index in [1.165, 1.54) is 0 Å². The summed E-state index contributed by atoms with van der Waals surface area (Å²) in [6.45, 7) is 7.03. The molecular weight excluding hydrogens is 473 g/mol. The Balaban J connectivity index is 1.32. The van der Waals surface area contributed by atoms with Crippen molar-refractivity contribution in [2.24, 2.45) is 5.92 Å². The number of amides is 2. The molecule has 0 bridgehead atoms. The number of alkyl halides is 3. The van der Waals surface area contributed by atoms with Crippen LogP contribution in [0.2, 0.25) is 0 Å². The van der Waals surface area contributed by atoms with E-state index in [-0.39, 0.29) is 30.3 Å². The molecule has 8 nitrogen and oxygen atoms in total. The molecule has 11 heteroatoms. The van der Waals surface area contributed by atoms with Crippen LogP contribution >= 0.6 is 0 Å². The smallest absolute Gasteiger partial charge is 0.354 e. The minimum Gasteiger partial charge on any atom is -0.354 e. The van der Waals surface area contributed by atoms with Gasteiger partial charge in [-0.25, -0.2) is 9.67 Å². The molecule has 1 aliphatic rings. The van der Waals surface area contributed by atoms with E-state index < -0.39 is 23.3 Å². The number of imidazole rings is 1. The molecule has 36 heavy (non-hydrogen) atoms. The lowest BCUT2D eigenvalue weighted by Crippen LogP contribution is -2.40. The van der Waals surface area contributed by atoms with Crippen LogP contribution in [0, 0.1) is 5.92 Å². The molecule has 0 saturated heterocycles. The molecule has 1 unspecified atom stereocenters. The van der Waals surface area contributed by atoms with Gasteiger partial charge in [-0.05, 0) is 18.6 Å². The van der Waals surface area contributed by atoms with Gasteiger partial charge in [-0.3, -0.25) is 9.59 Å². The number of nitrogens with one attached hydrogen (secondary N) is 2. The summed E-state index contributed by atoms with van der Waals surface area (Å²) in [4.78, 5) is 29.9. The van der Waals surface area contributed by atoms with Gasteiger partial charge in [-0.2, -0.15) is 18.3 Å². The summed E-state index contributed by atoms with van der Waals surface area (Å²) >= 11 is 0. The zero-order chi connectivity index (χ0) is 26.1. The van der Waals surface area contributed by atoms with Crippen LogP contribution in [0.15, 0.2) is 42.7 Å². The zero-order valence-electron chi connectivity index (χ0n) is 20.4. The summed E-state index contributed by atoms with van der Waals surface area (Å²) in [5, 5.41) is 8.79. The Morgan fingerprint density at radius 1 is 1.06 bits per heavy atom. The number of carbonyl (C=O) groups excluding carboxylic acids is 2. The number of hydrogen-bond donors (Lipinski definition) is 2. The first-order valence-electron chi connectivity index (χ1n) is 11.8. The van der Waals surface area contributed by atoms with Crippen molar-refractivity contribution in [1.29, 1.82) is 0 Å². The van der Waals surface area contributed by atoms with Gasteiger partial charge in [-0.15, -0.1) is 0 Å². The molecule has 3 aromatic rings. The van der Waals surface area contributed by atoms with E-state index in [1.807, 2.05) is 6.20 Å². The monoisotopic (exact) mass is 502 g/mol. The molecule has 0 radical (unpaired) electrons. The molecule has 4 rings (SSSR count). The van der Waals surface area contributed by atoms with E-state index in [4.69, 9.17) is 0 Å². The SMILES string of the molecule is CC(C)(C)c1cn2c(n1)CC(C(=O)NCCNC(=O)c1cn(-c3ccccc3)nc1C(F)(F)F)CC2. The summed E-state index contributed by atoms with van der Waals surface area (Å²) in [7, 11) is 0. The maximum atomic E-state index is 13.5. The van der Waals surface area contributed by atoms with Crippen molar-refractivity contribution in [3.8, 4) is 5.69 Å². The Labute approximate surface area is 206 Å². The van der Waals surface area contributed by atoms with E-state index in [2.05, 4.69) is 46.1 Å². The van der Waals surface area contributed by atoms with Gasteiger partial charge in [0.05, 0.1) is 16.9 Å². The highest BCUT2D eigenvalue weighted by Crippen LogP contribution is 2.31. The van der Waals surface area contributed by atoms with Gasteiger partial charge in [0.15, 0.2) is 5.69 Å². The maximum absolute atomic E-state index is 13.5. The third-order valence-corrected chi connectivity index (χ3v) is 6.10. The normalized spacial score (nSPS) is 15.9. The molecule has 2 aromatic heterocycles. The Bertz CT molecular complexity index is 1240. The molecule has 2 N–H and O–H groups in total. The first-order valence-corrected chi connectivity index (χ1v) is 11.8. The highest BCUT2D eigenvalue weighted by atomic mass is 19.4. The second kappa shape index (κ2) is 9.79. The van der Waals surface area contributed by atoms with Crippen LogP contribution in [0.25, 0.3) is 5.69 Å². The van der Waals surface area contributed by atoms with Gasteiger partial charge in [-0.1, -0.05) is 39.0 Å². The molecule has 0 saturated carbocycles. The number of nitrogens with zero attached hydrogens (tertiary/aromatic N) is 4. The molecule has 0 spiro atoms. The molecule has 1 aromatic carbocycles. The summed E-state index contributed by atoms with van der Waals surface area (Å²) in [6, 6.07) is 8.23. The second-order valence-electron chi connectivity index (χ2n) is 9.89. The van der Waals surface area contributed by atoms with Crippen LogP contribution in [-0.2, 0) is 29.4 Å². The number of hydrogen-bond acceptors (Lipinski definition) is 4. The van der Waals surface area contributed by atoms with Crippen molar-refractivity contribution < 1.29 is 22.8 Å². The highest BCUT2D eigenvalue weighted by Gasteiger charge is 2.39. The molecule has 3 heterocycles. The molecule has 2 amide bonds. The van der Waals surface area contributed by atoms with Gasteiger partial charge in [0.25, 0.3) is 5.91 Å². The van der Waals surface area contributed by atoms with Crippen molar-refractivity contribution in [1.82, 2.24) is 30.0 Å². The fraction of sp³-hybridized carbons (Fsp3) is 0.440. The average Bonchev–Trinajstić information content (AvgIpc) is 3.46. The average molecular weight is 503 g/mol. The van der Waals surface area contributed by atoms with Crippen LogP contribution in [0.4, 0.5) is 13.2 Å². The van der Waals surface area contributed by atoms with Gasteiger partial charge in [0.2, 0.25) is 5.91 Å². The lowest BCUT2D eigenvalue weighted by atomic mass is 9.93. The quantitative estimate of drug-likeness (QED) is 0.505. The van der Waals surface area contributed by atoms with Gasteiger partial charge in [0.1, 0.15) is 5.82 Å². The van der Waals surface area contributed by atoms with E-state index in [0.29, 0.717) is 25.1 Å². The number of benzene rings is 1. The molecule has 1 aliphatic heterocycles. The Morgan fingerprint density at radius 3 is 2.42 bits per heavy atom. The van der Waals surface area contributed by atoms with E-state index in [1.54, 1.807) is 30.3 Å². The summed E-state index contributed by atoms with van der Waals surface area (Å²) < 4.78 is 43.6. The van der Waals surface area contributed by atoms with Crippen molar-refractivity contribution >= 4 is 11.8 Å². The first kappa shape index (κ1) is 25.5. The number of aromatic nitrogens is 4. The van der Waals surface area contributed by atoms with E-state index >= 15 is 0 Å². The molecular formula is C25H29F3N6O2. The van der Waals surface area contributed by atoms with E-state index in [0.717, 1.165) is 22.4 Å². The zero-order valence-corrected chi connectivity index (χ0v) is 20.4. The molecule has 1 atom stereocenters. The number of aryl methyl sites for hydroxylation is 1. The van der Waals surface area contributed by atoms with Gasteiger partial charge >= 0.3 is 6.18 Å². The molecule has 192 valence electrons. The van der Waals surface area contributed by atoms with Crippen LogP contribution in [0.5, 0.6) is 0 Å². The minimum absolute atomic E-state index is 0.0199. The second-order valence-corrected chi connectivity index (χ2v) is 9.89. The molecule has 0 fully saturated rings. The lowest BCUT2D eigenvalue weighted by Gasteiger charge is -2.22. The number of para-hydroxylation sites is 1. The molecule has 0 aliphatic carbocycles. The van der Waals surface area contributed by atoms with Crippen molar-refractivity contribution in [2.75, 3.05) is 13.1 Å². The van der Waals surface area contributed by atoms with Crippen LogP contribution in [0.3, 0.4) is 0 Å². The largest absolute Gasteiger partial charge is 0.435 e. The fourth-order valence-electron chi connectivity index (χ4n) is 4.08. The lowest BCUT2D eigenvalue weighted by molar-refractivity contribution is -0.141. The number of rotatable bonds is 6. The third-order valence-electron chi connectivity index (χ3n) is 6.10. The Hall–Kier alpha value is -3.63. The standard InChI is InChI=1S/C25H29F3N6O2/c1-24(2,3)19-15-33-12-9-16(13-20(33)31-19)22(35)29-10-11-30-23(36)18-14-34(17-7-5-4-6-8-17)32-21(18)25(26,27)28/h4-8,14-16H,9-13H2,1-3H3,(H,29,35)(H,30,36). The van der Waals surface area contributed by atoms with Crippen LogP contribution in [0.1, 0.15) is 54.8 Å². The Morgan fingerprint density at radius 2 is 1.75 bits per heavy atom. The van der Waals surface area contributed by atoms with Crippen LogP contribution in [-0.4, -0.2) is 44.2 Å². The first-order chi connectivity index (χ1) is 16.9. The predicted molar refractivity (Wildman–Crippen MR) is 127 cm³/mol. The summed E-state index contributed by atoms with van der Waals surface area (Å²) in [5.74, 6) is -0.448. The summed E-state index contributed by atoms with van der Waals surface area (Å²) in [5.41, 5.74) is -0.539. The Kier molecular flexibility index (Phi) is 6.92.